The molecule has 1 aliphatic rings. The molecule has 0 radical (unpaired) electrons. The van der Waals surface area contributed by atoms with E-state index in [0.29, 0.717) is 19.1 Å². The van der Waals surface area contributed by atoms with E-state index in [1.807, 2.05) is 24.3 Å². The van der Waals surface area contributed by atoms with E-state index in [-0.39, 0.29) is 0 Å². The minimum atomic E-state index is 0.545. The Balaban J connectivity index is 1.36. The van der Waals surface area contributed by atoms with Crippen molar-refractivity contribution >= 4 is 11.6 Å². The molecule has 5 nitrogen and oxygen atoms in total. The summed E-state index contributed by atoms with van der Waals surface area (Å²) in [5.74, 6) is 2.23. The van der Waals surface area contributed by atoms with Gasteiger partial charge in [-0.25, -0.2) is 0 Å². The molecule has 24 heavy (non-hydrogen) atoms. The van der Waals surface area contributed by atoms with Crippen LogP contribution >= 0.6 is 0 Å². The van der Waals surface area contributed by atoms with Gasteiger partial charge in [0, 0.05) is 18.8 Å². The van der Waals surface area contributed by atoms with E-state index in [0.717, 1.165) is 36.9 Å². The molecule has 1 atom stereocenters. The van der Waals surface area contributed by atoms with E-state index in [2.05, 4.69) is 46.0 Å². The smallest absolute Gasteiger partial charge is 0.191 e. The number of hydrogen-bond acceptors (Lipinski definition) is 5. The Bertz CT molecular complexity index is 655. The quantitative estimate of drug-likeness (QED) is 0.562. The summed E-state index contributed by atoms with van der Waals surface area (Å²) in [4.78, 5) is 4.59. The molecule has 1 aliphatic heterocycles. The Morgan fingerprint density at radius 1 is 1.12 bits per heavy atom. The summed E-state index contributed by atoms with van der Waals surface area (Å²) in [6.45, 7) is 3.08. The van der Waals surface area contributed by atoms with Crippen LogP contribution in [0.3, 0.4) is 0 Å². The maximum atomic E-state index is 5.65. The highest BCUT2D eigenvalue weighted by molar-refractivity contribution is 5.80. The average molecular weight is 324 g/mol. The van der Waals surface area contributed by atoms with Gasteiger partial charge < -0.3 is 21.1 Å². The molecule has 0 aliphatic carbocycles. The van der Waals surface area contributed by atoms with E-state index in [1.54, 1.807) is 0 Å². The predicted octanol–water partition coefficient (Wildman–Crippen LogP) is 2.06. The third-order valence-electron chi connectivity index (χ3n) is 3.98. The van der Waals surface area contributed by atoms with Crippen molar-refractivity contribution in [2.45, 2.75) is 6.42 Å². The van der Waals surface area contributed by atoms with Crippen molar-refractivity contribution < 1.29 is 4.74 Å². The van der Waals surface area contributed by atoms with E-state index < -0.39 is 0 Å². The van der Waals surface area contributed by atoms with Gasteiger partial charge in [0.1, 0.15) is 12.4 Å². The number of anilines is 1. The Kier molecular flexibility index (Phi) is 5.56. The van der Waals surface area contributed by atoms with Gasteiger partial charge in [-0.1, -0.05) is 30.3 Å². The molecule has 0 amide bonds. The first-order valence-electron chi connectivity index (χ1n) is 8.34. The molecule has 0 saturated heterocycles. The molecule has 1 unspecified atom stereocenters. The molecule has 3 rings (SSSR count). The van der Waals surface area contributed by atoms with Crippen LogP contribution in [0.25, 0.3) is 0 Å². The molecular weight excluding hydrogens is 300 g/mol. The van der Waals surface area contributed by atoms with E-state index in [9.17, 15) is 0 Å². The van der Waals surface area contributed by atoms with Gasteiger partial charge in [0.25, 0.3) is 0 Å². The highest BCUT2D eigenvalue weighted by Gasteiger charge is 2.15. The molecule has 2 aromatic carbocycles. The zero-order chi connectivity index (χ0) is 16.6. The van der Waals surface area contributed by atoms with Gasteiger partial charge in [-0.05, 0) is 42.2 Å². The lowest BCUT2D eigenvalue weighted by molar-refractivity contribution is 0.321. The third kappa shape index (κ3) is 4.91. The summed E-state index contributed by atoms with van der Waals surface area (Å²) in [6, 6.07) is 18.0. The minimum absolute atomic E-state index is 0.545. The molecule has 0 spiro atoms. The molecule has 2 aromatic rings. The average Bonchev–Trinajstić information content (AvgIpc) is 2.62. The van der Waals surface area contributed by atoms with Crippen LogP contribution in [0.5, 0.6) is 5.75 Å². The van der Waals surface area contributed by atoms with Crippen LogP contribution in [-0.2, 0) is 6.42 Å². The van der Waals surface area contributed by atoms with Crippen LogP contribution in [0.15, 0.2) is 59.6 Å². The lowest BCUT2D eigenvalue weighted by Crippen LogP contribution is -2.45. The highest BCUT2D eigenvalue weighted by atomic mass is 16.5. The summed E-state index contributed by atoms with van der Waals surface area (Å²) in [6.07, 6.45) is 1.06. The van der Waals surface area contributed by atoms with Crippen molar-refractivity contribution in [2.24, 2.45) is 10.9 Å². The molecule has 5 heteroatoms. The molecule has 0 saturated carbocycles. The molecule has 4 N–H and O–H groups in total. The van der Waals surface area contributed by atoms with Crippen molar-refractivity contribution in [1.82, 2.24) is 10.6 Å². The minimum Gasteiger partial charge on any atom is -0.492 e. The van der Waals surface area contributed by atoms with Crippen LogP contribution in [0.4, 0.5) is 5.69 Å². The van der Waals surface area contributed by atoms with Crippen LogP contribution in [0.1, 0.15) is 5.56 Å². The second-order valence-electron chi connectivity index (χ2n) is 5.97. The molecule has 0 fully saturated rings. The van der Waals surface area contributed by atoms with Gasteiger partial charge in [0.2, 0.25) is 0 Å². The Hall–Kier alpha value is -2.69. The summed E-state index contributed by atoms with van der Waals surface area (Å²) in [7, 11) is 0. The fourth-order valence-corrected chi connectivity index (χ4v) is 2.69. The van der Waals surface area contributed by atoms with Crippen molar-refractivity contribution in [2.75, 3.05) is 32.0 Å². The van der Waals surface area contributed by atoms with Crippen LogP contribution in [0, 0.1) is 5.92 Å². The monoisotopic (exact) mass is 324 g/mol. The summed E-state index contributed by atoms with van der Waals surface area (Å²) >= 11 is 0. The number of nitrogens with two attached hydrogens (primary N) is 1. The number of guanidine groups is 1. The second kappa shape index (κ2) is 8.24. The molecule has 1 heterocycles. The molecule has 126 valence electrons. The topological polar surface area (TPSA) is 71.7 Å². The van der Waals surface area contributed by atoms with Crippen LogP contribution < -0.4 is 21.1 Å². The van der Waals surface area contributed by atoms with Crippen LogP contribution in [0.2, 0.25) is 0 Å². The van der Waals surface area contributed by atoms with Crippen LogP contribution in [-0.4, -0.2) is 32.2 Å². The molecular formula is C19H24N4O. The zero-order valence-corrected chi connectivity index (χ0v) is 13.7. The van der Waals surface area contributed by atoms with Gasteiger partial charge in [0.05, 0.1) is 6.54 Å². The number of ether oxygens (including phenoxy) is 1. The Morgan fingerprint density at radius 3 is 2.62 bits per heavy atom. The lowest BCUT2D eigenvalue weighted by Gasteiger charge is -2.23. The fraction of sp³-hybridized carbons (Fsp3) is 0.316. The number of rotatable bonds is 6. The van der Waals surface area contributed by atoms with Crippen molar-refractivity contribution in [3.63, 3.8) is 0 Å². The molecule has 0 aromatic heterocycles. The second-order valence-corrected chi connectivity index (χ2v) is 5.97. The number of hydrogen-bond donors (Lipinski definition) is 3. The largest absolute Gasteiger partial charge is 0.492 e. The number of nitrogens with one attached hydrogen (secondary N) is 2. The number of nitrogen functional groups attached to an aromatic ring is 1. The van der Waals surface area contributed by atoms with E-state index in [4.69, 9.17) is 10.5 Å². The Morgan fingerprint density at radius 2 is 1.92 bits per heavy atom. The van der Waals surface area contributed by atoms with Crippen molar-refractivity contribution in [3.05, 3.63) is 60.2 Å². The summed E-state index contributed by atoms with van der Waals surface area (Å²) in [5.41, 5.74) is 7.76. The first-order valence-corrected chi connectivity index (χ1v) is 8.34. The summed E-state index contributed by atoms with van der Waals surface area (Å²) < 4.78 is 5.65. The fourth-order valence-electron chi connectivity index (χ4n) is 2.69. The van der Waals surface area contributed by atoms with Gasteiger partial charge in [-0.3, -0.25) is 4.99 Å². The first kappa shape index (κ1) is 16.2. The van der Waals surface area contributed by atoms with E-state index >= 15 is 0 Å². The predicted molar refractivity (Wildman–Crippen MR) is 98.3 cm³/mol. The number of aliphatic imine (C=N–C) groups is 1. The third-order valence-corrected chi connectivity index (χ3v) is 3.98. The zero-order valence-electron chi connectivity index (χ0n) is 13.7. The van der Waals surface area contributed by atoms with Gasteiger partial charge in [0.15, 0.2) is 5.96 Å². The number of nitrogens with zero attached hydrogens (tertiary/aromatic N) is 1. The molecule has 0 bridgehead atoms. The van der Waals surface area contributed by atoms with Crippen molar-refractivity contribution in [1.29, 1.82) is 0 Å². The van der Waals surface area contributed by atoms with Gasteiger partial charge in [-0.2, -0.15) is 0 Å². The number of benzene rings is 2. The highest BCUT2D eigenvalue weighted by Crippen LogP contribution is 2.13. The Labute approximate surface area is 142 Å². The standard InChI is InChI=1S/C19H24N4O/c20-17-6-8-18(9-7-17)24-11-10-21-19-22-13-16(14-23-19)12-15-4-2-1-3-5-15/h1-9,16H,10-14,20H2,(H2,21,22,23). The summed E-state index contributed by atoms with van der Waals surface area (Å²) in [5, 5.41) is 6.64. The SMILES string of the molecule is Nc1ccc(OCCNC2=NCC(Cc3ccccc3)CN2)cc1. The normalized spacial score (nSPS) is 16.8. The maximum Gasteiger partial charge on any atom is 0.191 e. The maximum absolute atomic E-state index is 5.65. The lowest BCUT2D eigenvalue weighted by atomic mass is 9.99. The van der Waals surface area contributed by atoms with Gasteiger partial charge in [-0.15, -0.1) is 0 Å². The first-order chi connectivity index (χ1) is 11.8. The van der Waals surface area contributed by atoms with Crippen molar-refractivity contribution in [3.8, 4) is 5.75 Å². The van der Waals surface area contributed by atoms with E-state index in [1.165, 1.54) is 5.56 Å². The van der Waals surface area contributed by atoms with Gasteiger partial charge >= 0.3 is 0 Å².